The predicted octanol–water partition coefficient (Wildman–Crippen LogP) is 6.48. The maximum absolute atomic E-state index is 9.23. The smallest absolute Gasteiger partial charge is 0.0991 e. The van der Waals surface area contributed by atoms with Crippen molar-refractivity contribution in [1.82, 2.24) is 4.90 Å². The summed E-state index contributed by atoms with van der Waals surface area (Å²) in [4.78, 5) is 2.49. The Morgan fingerprint density at radius 3 is 2.36 bits per heavy atom. The van der Waals surface area contributed by atoms with E-state index in [-0.39, 0.29) is 5.41 Å². The van der Waals surface area contributed by atoms with Crippen LogP contribution in [-0.2, 0) is 6.42 Å². The fourth-order valence-corrected chi connectivity index (χ4v) is 3.98. The van der Waals surface area contributed by atoms with E-state index in [1.807, 2.05) is 33.8 Å². The van der Waals surface area contributed by atoms with E-state index in [0.717, 1.165) is 24.9 Å². The van der Waals surface area contributed by atoms with E-state index < -0.39 is 0 Å². The number of fused-ring (bicyclic) bond motifs is 1. The first-order chi connectivity index (χ1) is 11.9. The number of allylic oxidation sites excluding steroid dienone is 1. The molecule has 2 aliphatic rings. The Morgan fingerprint density at radius 2 is 1.84 bits per heavy atom. The first-order valence-corrected chi connectivity index (χ1v) is 9.91. The first kappa shape index (κ1) is 21.3. The average Bonchev–Trinajstić information content (AvgIpc) is 3.05. The van der Waals surface area contributed by atoms with E-state index >= 15 is 0 Å². The van der Waals surface area contributed by atoms with Gasteiger partial charge in [0.1, 0.15) is 0 Å². The molecule has 2 unspecified atom stereocenters. The third-order valence-electron chi connectivity index (χ3n) is 5.55. The molecule has 0 bridgehead atoms. The highest BCUT2D eigenvalue weighted by Gasteiger charge is 2.42. The molecule has 0 radical (unpaired) electrons. The average molecular weight is 341 g/mol. The van der Waals surface area contributed by atoms with Gasteiger partial charge in [-0.3, -0.25) is 0 Å². The number of hydrogen-bond acceptors (Lipinski definition) is 2. The van der Waals surface area contributed by atoms with Crippen molar-refractivity contribution in [2.45, 2.75) is 73.8 Å². The molecule has 1 aliphatic heterocycles. The van der Waals surface area contributed by atoms with Gasteiger partial charge >= 0.3 is 0 Å². The van der Waals surface area contributed by atoms with Crippen molar-refractivity contribution < 1.29 is 0 Å². The van der Waals surface area contributed by atoms with Crippen molar-refractivity contribution in [2.75, 3.05) is 6.54 Å². The molecular formula is C23H36N2. The summed E-state index contributed by atoms with van der Waals surface area (Å²) < 4.78 is 0. The van der Waals surface area contributed by atoms with Crippen LogP contribution in [0.4, 0.5) is 0 Å². The van der Waals surface area contributed by atoms with Gasteiger partial charge < -0.3 is 4.90 Å². The zero-order valence-corrected chi connectivity index (χ0v) is 17.3. The Balaban J connectivity index is 0.000000730. The second-order valence-electron chi connectivity index (χ2n) is 7.29. The van der Waals surface area contributed by atoms with Gasteiger partial charge in [0, 0.05) is 12.2 Å². The zero-order chi connectivity index (χ0) is 19.2. The van der Waals surface area contributed by atoms with Gasteiger partial charge in [0.05, 0.1) is 17.7 Å². The summed E-state index contributed by atoms with van der Waals surface area (Å²) >= 11 is 0. The van der Waals surface area contributed by atoms with E-state index in [1.165, 1.54) is 23.2 Å². The van der Waals surface area contributed by atoms with Gasteiger partial charge in [-0.1, -0.05) is 61.1 Å². The molecule has 0 aromatic heterocycles. The van der Waals surface area contributed by atoms with E-state index in [2.05, 4.69) is 50.5 Å². The topological polar surface area (TPSA) is 27.0 Å². The van der Waals surface area contributed by atoms with E-state index in [1.54, 1.807) is 0 Å². The fraction of sp³-hybridized carbons (Fsp3) is 0.609. The molecule has 1 aromatic rings. The quantitative estimate of drug-likeness (QED) is 0.585. The molecule has 1 saturated heterocycles. The first-order valence-electron chi connectivity index (χ1n) is 9.91. The summed E-state index contributed by atoms with van der Waals surface area (Å²) in [6.07, 6.45) is 3.40. The van der Waals surface area contributed by atoms with Crippen molar-refractivity contribution in [3.05, 3.63) is 47.2 Å². The molecule has 2 heteroatoms. The van der Waals surface area contributed by atoms with Crippen LogP contribution in [0.5, 0.6) is 0 Å². The van der Waals surface area contributed by atoms with Crippen LogP contribution in [0.15, 0.2) is 30.5 Å². The lowest BCUT2D eigenvalue weighted by atomic mass is 9.64. The summed E-state index contributed by atoms with van der Waals surface area (Å²) in [5.74, 6) is 0.550. The van der Waals surface area contributed by atoms with Crippen LogP contribution in [0.1, 0.15) is 84.0 Å². The van der Waals surface area contributed by atoms with Crippen molar-refractivity contribution >= 4 is 0 Å². The molecule has 0 spiro atoms. The molecule has 2 nitrogen and oxygen atoms in total. The van der Waals surface area contributed by atoms with E-state index in [9.17, 15) is 5.26 Å². The van der Waals surface area contributed by atoms with Gasteiger partial charge in [-0.2, -0.15) is 5.26 Å². The lowest BCUT2D eigenvalue weighted by molar-refractivity contribution is 0.0933. The molecule has 1 aromatic carbocycles. The molecular weight excluding hydrogens is 304 g/mol. The van der Waals surface area contributed by atoms with Gasteiger partial charge in [0.25, 0.3) is 0 Å². The molecule has 138 valence electrons. The van der Waals surface area contributed by atoms with Crippen LogP contribution >= 0.6 is 0 Å². The van der Waals surface area contributed by atoms with Gasteiger partial charge in [0.2, 0.25) is 0 Å². The summed E-state index contributed by atoms with van der Waals surface area (Å²) in [5.41, 5.74) is 5.06. The van der Waals surface area contributed by atoms with Gasteiger partial charge in [-0.05, 0) is 53.9 Å². The number of nitrogens with zero attached hydrogens (tertiary/aromatic N) is 2. The second kappa shape index (κ2) is 9.09. The molecule has 1 fully saturated rings. The Kier molecular flexibility index (Phi) is 7.74. The Bertz CT molecular complexity index is 621. The normalized spacial score (nSPS) is 23.4. The number of likely N-dealkylation sites (tertiary alicyclic amines) is 1. The van der Waals surface area contributed by atoms with Crippen LogP contribution < -0.4 is 0 Å². The van der Waals surface area contributed by atoms with Crippen molar-refractivity contribution in [2.24, 2.45) is 11.3 Å². The minimum absolute atomic E-state index is 0.273. The van der Waals surface area contributed by atoms with Crippen LogP contribution in [0.25, 0.3) is 0 Å². The molecule has 1 aliphatic carbocycles. The van der Waals surface area contributed by atoms with Crippen molar-refractivity contribution in [3.63, 3.8) is 0 Å². The van der Waals surface area contributed by atoms with Crippen molar-refractivity contribution in [1.29, 1.82) is 5.26 Å². The molecule has 3 rings (SSSR count). The highest BCUT2D eigenvalue weighted by molar-refractivity contribution is 5.43. The minimum Gasteiger partial charge on any atom is -0.368 e. The summed E-state index contributed by atoms with van der Waals surface area (Å²) in [6, 6.07) is 8.89. The molecule has 2 atom stereocenters. The number of rotatable bonds is 1. The van der Waals surface area contributed by atoms with E-state index in [4.69, 9.17) is 0 Å². The maximum atomic E-state index is 9.23. The Hall–Kier alpha value is -1.75. The summed E-state index contributed by atoms with van der Waals surface area (Å²) in [5, 5.41) is 9.23. The molecule has 0 amide bonds. The largest absolute Gasteiger partial charge is 0.368 e. The highest BCUT2D eigenvalue weighted by atomic mass is 15.2. The van der Waals surface area contributed by atoms with Crippen LogP contribution in [0, 0.1) is 22.7 Å². The monoisotopic (exact) mass is 340 g/mol. The number of nitriles is 1. The molecule has 0 N–H and O–H groups in total. The molecule has 1 heterocycles. The second-order valence-corrected chi connectivity index (χ2v) is 7.29. The standard InChI is InChI=1S/C19H24N2.2C2H6/c1-13-6-5-9-21(13)18-14(2)19(3,4)11-16-8-7-15(12-20)10-17(16)18;2*1-2/h7-8,10,14,18H,1,5-6,9,11H2,2-4H3;2*1-2H3. The Morgan fingerprint density at radius 1 is 1.20 bits per heavy atom. The van der Waals surface area contributed by atoms with Crippen molar-refractivity contribution in [3.8, 4) is 6.07 Å². The van der Waals surface area contributed by atoms with Crippen LogP contribution in [0.3, 0.4) is 0 Å². The van der Waals surface area contributed by atoms with Crippen LogP contribution in [0.2, 0.25) is 0 Å². The van der Waals surface area contributed by atoms with E-state index in [0.29, 0.717) is 12.0 Å². The van der Waals surface area contributed by atoms with Gasteiger partial charge in [0.15, 0.2) is 0 Å². The zero-order valence-electron chi connectivity index (χ0n) is 17.3. The third-order valence-corrected chi connectivity index (χ3v) is 5.55. The summed E-state index contributed by atoms with van der Waals surface area (Å²) in [6.45, 7) is 20.5. The predicted molar refractivity (Wildman–Crippen MR) is 108 cm³/mol. The highest BCUT2D eigenvalue weighted by Crippen LogP contribution is 2.50. The van der Waals surface area contributed by atoms with Crippen LogP contribution in [-0.4, -0.2) is 11.4 Å². The number of benzene rings is 1. The summed E-state index contributed by atoms with van der Waals surface area (Å²) in [7, 11) is 0. The molecule has 25 heavy (non-hydrogen) atoms. The lowest BCUT2D eigenvalue weighted by Crippen LogP contribution is -2.41. The number of hydrogen-bond donors (Lipinski definition) is 0. The molecule has 0 saturated carbocycles. The maximum Gasteiger partial charge on any atom is 0.0991 e. The van der Waals surface area contributed by atoms with Gasteiger partial charge in [-0.25, -0.2) is 0 Å². The lowest BCUT2D eigenvalue weighted by Gasteiger charge is -2.48. The SMILES string of the molecule is C=C1CCCN1C1c2cc(C#N)ccc2CC(C)(C)C1C.CC.CC. The fourth-order valence-electron chi connectivity index (χ4n) is 3.98. The van der Waals surface area contributed by atoms with Gasteiger partial charge in [-0.15, -0.1) is 0 Å². The Labute approximate surface area is 155 Å². The third kappa shape index (κ3) is 4.27. The minimum atomic E-state index is 0.273.